The van der Waals surface area contributed by atoms with Gasteiger partial charge in [-0.3, -0.25) is 4.68 Å². The molecule has 1 aliphatic rings. The number of rotatable bonds is 5. The third-order valence-corrected chi connectivity index (χ3v) is 3.94. The maximum atomic E-state index is 4.25. The van der Waals surface area contributed by atoms with Crippen molar-refractivity contribution in [3.8, 4) is 0 Å². The number of hydrogen-bond donors (Lipinski definition) is 0. The Balaban J connectivity index is 1.45. The van der Waals surface area contributed by atoms with Crippen molar-refractivity contribution in [2.75, 3.05) is 19.6 Å². The van der Waals surface area contributed by atoms with Crippen LogP contribution in [0.4, 0.5) is 0 Å². The second-order valence-corrected chi connectivity index (χ2v) is 5.41. The molecule has 2 heterocycles. The SMILES string of the molecule is c1ccc(C[C@@H]2CCN(CCn3cccn3)C2)cc1. The molecule has 100 valence electrons. The highest BCUT2D eigenvalue weighted by Gasteiger charge is 2.22. The fourth-order valence-corrected chi connectivity index (χ4v) is 2.91. The van der Waals surface area contributed by atoms with Gasteiger partial charge in [-0.2, -0.15) is 5.10 Å². The molecule has 1 aromatic carbocycles. The lowest BCUT2D eigenvalue weighted by Gasteiger charge is -2.16. The predicted octanol–water partition coefficient (Wildman–Crippen LogP) is 2.45. The number of nitrogens with zero attached hydrogens (tertiary/aromatic N) is 3. The van der Waals surface area contributed by atoms with Crippen LogP contribution in [-0.4, -0.2) is 34.3 Å². The molecule has 0 amide bonds. The molecule has 1 fully saturated rings. The Morgan fingerprint density at radius 3 is 2.79 bits per heavy atom. The molecule has 0 spiro atoms. The number of benzene rings is 1. The van der Waals surface area contributed by atoms with Crippen LogP contribution in [0.2, 0.25) is 0 Å². The van der Waals surface area contributed by atoms with Crippen LogP contribution < -0.4 is 0 Å². The molecule has 0 bridgehead atoms. The summed E-state index contributed by atoms with van der Waals surface area (Å²) in [6.07, 6.45) is 6.44. The zero-order valence-corrected chi connectivity index (χ0v) is 11.3. The summed E-state index contributed by atoms with van der Waals surface area (Å²) in [4.78, 5) is 2.56. The summed E-state index contributed by atoms with van der Waals surface area (Å²) in [5.74, 6) is 0.819. The summed E-state index contributed by atoms with van der Waals surface area (Å²) in [7, 11) is 0. The number of hydrogen-bond acceptors (Lipinski definition) is 2. The Kier molecular flexibility index (Phi) is 3.94. The minimum absolute atomic E-state index is 0.819. The van der Waals surface area contributed by atoms with Crippen molar-refractivity contribution < 1.29 is 0 Å². The largest absolute Gasteiger partial charge is 0.301 e. The van der Waals surface area contributed by atoms with Gasteiger partial charge in [-0.25, -0.2) is 0 Å². The van der Waals surface area contributed by atoms with Crippen LogP contribution in [0.3, 0.4) is 0 Å². The van der Waals surface area contributed by atoms with Crippen LogP contribution in [0.25, 0.3) is 0 Å². The molecule has 1 aliphatic heterocycles. The van der Waals surface area contributed by atoms with E-state index < -0.39 is 0 Å². The number of likely N-dealkylation sites (tertiary alicyclic amines) is 1. The van der Waals surface area contributed by atoms with Crippen molar-refractivity contribution in [1.29, 1.82) is 0 Å². The Bertz CT molecular complexity index is 478. The van der Waals surface area contributed by atoms with E-state index in [1.54, 1.807) is 0 Å². The second kappa shape index (κ2) is 6.02. The molecule has 0 saturated carbocycles. The van der Waals surface area contributed by atoms with Crippen molar-refractivity contribution in [3.05, 3.63) is 54.4 Å². The molecule has 2 aromatic rings. The van der Waals surface area contributed by atoms with E-state index in [0.29, 0.717) is 0 Å². The van der Waals surface area contributed by atoms with E-state index >= 15 is 0 Å². The zero-order valence-electron chi connectivity index (χ0n) is 11.3. The first-order valence-corrected chi connectivity index (χ1v) is 7.14. The average Bonchev–Trinajstić information content (AvgIpc) is 3.09. The van der Waals surface area contributed by atoms with Gasteiger partial charge in [0.25, 0.3) is 0 Å². The van der Waals surface area contributed by atoms with E-state index in [4.69, 9.17) is 0 Å². The van der Waals surface area contributed by atoms with Crippen LogP contribution in [0.15, 0.2) is 48.8 Å². The van der Waals surface area contributed by atoms with E-state index in [-0.39, 0.29) is 0 Å². The first-order chi connectivity index (χ1) is 9.40. The average molecular weight is 255 g/mol. The highest BCUT2D eigenvalue weighted by Crippen LogP contribution is 2.20. The van der Waals surface area contributed by atoms with Crippen LogP contribution in [-0.2, 0) is 13.0 Å². The molecule has 0 aliphatic carbocycles. The first-order valence-electron chi connectivity index (χ1n) is 7.14. The standard InChI is InChI=1S/C16H21N3/c1-2-5-15(6-3-1)13-16-7-10-18(14-16)11-12-19-9-4-8-17-19/h1-6,8-9,16H,7,10-14H2/t16-/m0/s1. The third kappa shape index (κ3) is 3.44. The summed E-state index contributed by atoms with van der Waals surface area (Å²) >= 11 is 0. The molecular formula is C16H21N3. The molecule has 3 nitrogen and oxygen atoms in total. The van der Waals surface area contributed by atoms with Crippen LogP contribution in [0.5, 0.6) is 0 Å². The predicted molar refractivity (Wildman–Crippen MR) is 76.9 cm³/mol. The van der Waals surface area contributed by atoms with Gasteiger partial charge in [-0.1, -0.05) is 30.3 Å². The van der Waals surface area contributed by atoms with Crippen molar-refractivity contribution in [2.24, 2.45) is 5.92 Å². The quantitative estimate of drug-likeness (QED) is 0.818. The molecule has 3 rings (SSSR count). The van der Waals surface area contributed by atoms with Gasteiger partial charge in [0.1, 0.15) is 0 Å². The van der Waals surface area contributed by atoms with Crippen LogP contribution in [0.1, 0.15) is 12.0 Å². The molecule has 1 aromatic heterocycles. The summed E-state index contributed by atoms with van der Waals surface area (Å²) in [5, 5.41) is 4.25. The van der Waals surface area contributed by atoms with Gasteiger partial charge in [0.05, 0.1) is 6.54 Å². The van der Waals surface area contributed by atoms with Gasteiger partial charge < -0.3 is 4.90 Å². The fourth-order valence-electron chi connectivity index (χ4n) is 2.91. The summed E-state index contributed by atoms with van der Waals surface area (Å²) < 4.78 is 2.02. The molecular weight excluding hydrogens is 234 g/mol. The monoisotopic (exact) mass is 255 g/mol. The third-order valence-electron chi connectivity index (χ3n) is 3.94. The molecule has 19 heavy (non-hydrogen) atoms. The van der Waals surface area contributed by atoms with Gasteiger partial charge in [0.15, 0.2) is 0 Å². The van der Waals surface area contributed by atoms with E-state index in [1.807, 2.05) is 23.1 Å². The van der Waals surface area contributed by atoms with Gasteiger partial charge >= 0.3 is 0 Å². The maximum absolute atomic E-state index is 4.25. The highest BCUT2D eigenvalue weighted by atomic mass is 15.3. The Hall–Kier alpha value is -1.61. The van der Waals surface area contributed by atoms with Gasteiger partial charge in [-0.05, 0) is 36.9 Å². The van der Waals surface area contributed by atoms with Crippen LogP contribution in [0, 0.1) is 5.92 Å². The first kappa shape index (κ1) is 12.4. The highest BCUT2D eigenvalue weighted by molar-refractivity contribution is 5.15. The fraction of sp³-hybridized carbons (Fsp3) is 0.438. The van der Waals surface area contributed by atoms with Gasteiger partial charge in [0.2, 0.25) is 0 Å². The van der Waals surface area contributed by atoms with Crippen molar-refractivity contribution in [2.45, 2.75) is 19.4 Å². The molecule has 3 heteroatoms. The van der Waals surface area contributed by atoms with Crippen molar-refractivity contribution >= 4 is 0 Å². The van der Waals surface area contributed by atoms with Crippen LogP contribution >= 0.6 is 0 Å². The lowest BCUT2D eigenvalue weighted by atomic mass is 9.99. The van der Waals surface area contributed by atoms with Gasteiger partial charge in [0, 0.05) is 25.5 Å². The normalized spacial score (nSPS) is 19.9. The molecule has 1 atom stereocenters. The Morgan fingerprint density at radius 2 is 2.00 bits per heavy atom. The second-order valence-electron chi connectivity index (χ2n) is 5.41. The Morgan fingerprint density at radius 1 is 1.11 bits per heavy atom. The van der Waals surface area contributed by atoms with E-state index in [9.17, 15) is 0 Å². The van der Waals surface area contributed by atoms with E-state index in [2.05, 4.69) is 40.3 Å². The van der Waals surface area contributed by atoms with E-state index in [1.165, 1.54) is 31.5 Å². The van der Waals surface area contributed by atoms with Crippen molar-refractivity contribution in [3.63, 3.8) is 0 Å². The molecule has 0 radical (unpaired) electrons. The van der Waals surface area contributed by atoms with Gasteiger partial charge in [-0.15, -0.1) is 0 Å². The topological polar surface area (TPSA) is 21.1 Å². The summed E-state index contributed by atoms with van der Waals surface area (Å²) in [6.45, 7) is 4.59. The molecule has 0 N–H and O–H groups in total. The molecule has 1 saturated heterocycles. The van der Waals surface area contributed by atoms with Crippen molar-refractivity contribution in [1.82, 2.24) is 14.7 Å². The van der Waals surface area contributed by atoms with E-state index in [0.717, 1.165) is 19.0 Å². The number of aromatic nitrogens is 2. The summed E-state index contributed by atoms with van der Waals surface area (Å²) in [5.41, 5.74) is 1.47. The minimum Gasteiger partial charge on any atom is -0.301 e. The lowest BCUT2D eigenvalue weighted by Crippen LogP contribution is -2.25. The lowest BCUT2D eigenvalue weighted by molar-refractivity contribution is 0.303. The zero-order chi connectivity index (χ0) is 12.9. The minimum atomic E-state index is 0.819. The molecule has 0 unspecified atom stereocenters. The maximum Gasteiger partial charge on any atom is 0.0536 e. The summed E-state index contributed by atoms with van der Waals surface area (Å²) in [6, 6.07) is 12.8. The smallest absolute Gasteiger partial charge is 0.0536 e. The Labute approximate surface area is 114 Å².